The van der Waals surface area contributed by atoms with Gasteiger partial charge in [-0.2, -0.15) is 0 Å². The van der Waals surface area contributed by atoms with E-state index in [1.54, 1.807) is 7.11 Å². The van der Waals surface area contributed by atoms with Gasteiger partial charge in [-0.1, -0.05) is 6.92 Å². The van der Waals surface area contributed by atoms with Crippen molar-refractivity contribution in [2.45, 2.75) is 26.6 Å². The third-order valence-electron chi connectivity index (χ3n) is 1.72. The van der Waals surface area contributed by atoms with Gasteiger partial charge in [-0.15, -0.1) is 0 Å². The minimum Gasteiger partial charge on any atom is -0.378 e. The Morgan fingerprint density at radius 2 is 2.27 bits per heavy atom. The Balaban J connectivity index is 2.66. The number of methoxy groups -OCH3 is 1. The van der Waals surface area contributed by atoms with Crippen LogP contribution in [0.4, 0.5) is 0 Å². The topological polar surface area (TPSA) is 64.2 Å². The zero-order valence-electron chi connectivity index (χ0n) is 9.08. The number of ether oxygens (including phenoxy) is 2. The lowest BCUT2D eigenvalue weighted by Crippen LogP contribution is -2.14. The SMILES string of the molecule is CCCOCc1nc(COC)cc(=O)[nH]1. The van der Waals surface area contributed by atoms with Crippen LogP contribution in [0.3, 0.4) is 0 Å². The molecule has 1 rings (SSSR count). The summed E-state index contributed by atoms with van der Waals surface area (Å²) in [5, 5.41) is 0. The summed E-state index contributed by atoms with van der Waals surface area (Å²) in [6.07, 6.45) is 0.946. The Morgan fingerprint density at radius 1 is 1.47 bits per heavy atom. The maximum Gasteiger partial charge on any atom is 0.251 e. The van der Waals surface area contributed by atoms with E-state index in [9.17, 15) is 4.79 Å². The Kier molecular flexibility index (Phi) is 5.00. The number of aromatic nitrogens is 2. The second kappa shape index (κ2) is 6.31. The van der Waals surface area contributed by atoms with Crippen molar-refractivity contribution in [1.82, 2.24) is 9.97 Å². The summed E-state index contributed by atoms with van der Waals surface area (Å²) in [5.74, 6) is 0.544. The van der Waals surface area contributed by atoms with Gasteiger partial charge in [0.25, 0.3) is 5.56 Å². The first-order chi connectivity index (χ1) is 7.26. The summed E-state index contributed by atoms with van der Waals surface area (Å²) >= 11 is 0. The highest BCUT2D eigenvalue weighted by Crippen LogP contribution is 1.96. The van der Waals surface area contributed by atoms with Crippen LogP contribution in [0.5, 0.6) is 0 Å². The van der Waals surface area contributed by atoms with Gasteiger partial charge in [0.2, 0.25) is 0 Å². The van der Waals surface area contributed by atoms with Crippen LogP contribution in [0.15, 0.2) is 10.9 Å². The smallest absolute Gasteiger partial charge is 0.251 e. The van der Waals surface area contributed by atoms with Crippen molar-refractivity contribution in [3.63, 3.8) is 0 Å². The van der Waals surface area contributed by atoms with Crippen molar-refractivity contribution in [3.05, 3.63) is 27.9 Å². The van der Waals surface area contributed by atoms with Gasteiger partial charge in [0.15, 0.2) is 0 Å². The van der Waals surface area contributed by atoms with E-state index in [-0.39, 0.29) is 5.56 Å². The van der Waals surface area contributed by atoms with E-state index >= 15 is 0 Å². The highest BCUT2D eigenvalue weighted by molar-refractivity contribution is 5.01. The fourth-order valence-electron chi connectivity index (χ4n) is 1.17. The van der Waals surface area contributed by atoms with Crippen molar-refractivity contribution < 1.29 is 9.47 Å². The maximum absolute atomic E-state index is 11.2. The van der Waals surface area contributed by atoms with E-state index in [0.29, 0.717) is 31.3 Å². The maximum atomic E-state index is 11.2. The molecule has 0 saturated heterocycles. The summed E-state index contributed by atoms with van der Waals surface area (Å²) < 4.78 is 10.2. The largest absolute Gasteiger partial charge is 0.378 e. The molecule has 1 heterocycles. The fourth-order valence-corrected chi connectivity index (χ4v) is 1.17. The number of H-pyrrole nitrogens is 1. The monoisotopic (exact) mass is 212 g/mol. The summed E-state index contributed by atoms with van der Waals surface area (Å²) in [4.78, 5) is 18.0. The standard InChI is InChI=1S/C10H16N2O3/c1-3-4-15-7-9-11-8(6-14-2)5-10(13)12-9/h5H,3-4,6-7H2,1-2H3,(H,11,12,13). The number of hydrogen-bond donors (Lipinski definition) is 1. The predicted molar refractivity (Wildman–Crippen MR) is 55.5 cm³/mol. The van der Waals surface area contributed by atoms with Crippen LogP contribution >= 0.6 is 0 Å². The number of rotatable bonds is 6. The van der Waals surface area contributed by atoms with Crippen molar-refractivity contribution in [3.8, 4) is 0 Å². The Labute approximate surface area is 88.4 Å². The van der Waals surface area contributed by atoms with E-state index in [1.807, 2.05) is 6.92 Å². The second-order valence-corrected chi connectivity index (χ2v) is 3.17. The second-order valence-electron chi connectivity index (χ2n) is 3.17. The molecule has 0 bridgehead atoms. The zero-order chi connectivity index (χ0) is 11.1. The molecular weight excluding hydrogens is 196 g/mol. The molecule has 0 atom stereocenters. The number of nitrogens with zero attached hydrogens (tertiary/aromatic N) is 1. The van der Waals surface area contributed by atoms with Gasteiger partial charge >= 0.3 is 0 Å². The lowest BCUT2D eigenvalue weighted by molar-refractivity contribution is 0.115. The molecule has 15 heavy (non-hydrogen) atoms. The molecule has 1 aromatic rings. The molecular formula is C10H16N2O3. The summed E-state index contributed by atoms with van der Waals surface area (Å²) in [6, 6.07) is 1.42. The molecule has 84 valence electrons. The highest BCUT2D eigenvalue weighted by atomic mass is 16.5. The van der Waals surface area contributed by atoms with Crippen LogP contribution in [-0.4, -0.2) is 23.7 Å². The first kappa shape index (κ1) is 11.9. The van der Waals surface area contributed by atoms with Gasteiger partial charge < -0.3 is 14.5 Å². The molecule has 0 amide bonds. The number of aromatic amines is 1. The van der Waals surface area contributed by atoms with Gasteiger partial charge in [0.1, 0.15) is 12.4 Å². The highest BCUT2D eigenvalue weighted by Gasteiger charge is 2.00. The summed E-state index contributed by atoms with van der Waals surface area (Å²) in [6.45, 7) is 3.36. The van der Waals surface area contributed by atoms with E-state index < -0.39 is 0 Å². The Hall–Kier alpha value is -1.20. The fraction of sp³-hybridized carbons (Fsp3) is 0.600. The first-order valence-electron chi connectivity index (χ1n) is 4.92. The van der Waals surface area contributed by atoms with Crippen LogP contribution in [0, 0.1) is 0 Å². The third kappa shape index (κ3) is 4.22. The van der Waals surface area contributed by atoms with Crippen molar-refractivity contribution in [1.29, 1.82) is 0 Å². The van der Waals surface area contributed by atoms with Crippen LogP contribution in [0.1, 0.15) is 24.9 Å². The Morgan fingerprint density at radius 3 is 2.93 bits per heavy atom. The van der Waals surface area contributed by atoms with E-state index in [0.717, 1.165) is 6.42 Å². The number of nitrogens with one attached hydrogen (secondary N) is 1. The molecule has 1 N–H and O–H groups in total. The molecule has 5 heteroatoms. The average molecular weight is 212 g/mol. The molecule has 5 nitrogen and oxygen atoms in total. The molecule has 0 radical (unpaired) electrons. The molecule has 0 fully saturated rings. The molecule has 0 saturated carbocycles. The van der Waals surface area contributed by atoms with Crippen molar-refractivity contribution in [2.24, 2.45) is 0 Å². The van der Waals surface area contributed by atoms with E-state index in [2.05, 4.69) is 9.97 Å². The molecule has 0 aliphatic rings. The van der Waals surface area contributed by atoms with Crippen LogP contribution in [0.2, 0.25) is 0 Å². The van der Waals surface area contributed by atoms with Crippen LogP contribution < -0.4 is 5.56 Å². The summed E-state index contributed by atoms with van der Waals surface area (Å²) in [5.41, 5.74) is 0.448. The van der Waals surface area contributed by atoms with Gasteiger partial charge in [-0.25, -0.2) is 4.98 Å². The van der Waals surface area contributed by atoms with E-state index in [1.165, 1.54) is 6.07 Å². The van der Waals surface area contributed by atoms with Gasteiger partial charge in [0.05, 0.1) is 12.3 Å². The minimum absolute atomic E-state index is 0.174. The van der Waals surface area contributed by atoms with Crippen LogP contribution in [-0.2, 0) is 22.7 Å². The van der Waals surface area contributed by atoms with Crippen molar-refractivity contribution in [2.75, 3.05) is 13.7 Å². The molecule has 0 aliphatic heterocycles. The normalized spacial score (nSPS) is 10.5. The predicted octanol–water partition coefficient (Wildman–Crippen LogP) is 0.843. The van der Waals surface area contributed by atoms with Gasteiger partial charge in [0, 0.05) is 19.8 Å². The van der Waals surface area contributed by atoms with Gasteiger partial charge in [-0.05, 0) is 6.42 Å². The molecule has 0 unspecified atom stereocenters. The lowest BCUT2D eigenvalue weighted by atomic mass is 10.4. The minimum atomic E-state index is -0.174. The molecule has 0 spiro atoms. The van der Waals surface area contributed by atoms with E-state index in [4.69, 9.17) is 9.47 Å². The van der Waals surface area contributed by atoms with Crippen LogP contribution in [0.25, 0.3) is 0 Å². The number of hydrogen-bond acceptors (Lipinski definition) is 4. The Bertz CT molecular complexity index is 349. The molecule has 1 aromatic heterocycles. The first-order valence-corrected chi connectivity index (χ1v) is 4.92. The van der Waals surface area contributed by atoms with Crippen molar-refractivity contribution >= 4 is 0 Å². The quantitative estimate of drug-likeness (QED) is 0.710. The lowest BCUT2D eigenvalue weighted by Gasteiger charge is -2.04. The average Bonchev–Trinajstić information content (AvgIpc) is 2.18. The third-order valence-corrected chi connectivity index (χ3v) is 1.72. The molecule has 0 aliphatic carbocycles. The van der Waals surface area contributed by atoms with Gasteiger partial charge in [-0.3, -0.25) is 4.79 Å². The molecule has 0 aromatic carbocycles. The summed E-state index contributed by atoms with van der Waals surface area (Å²) in [7, 11) is 1.57. The zero-order valence-corrected chi connectivity index (χ0v) is 9.08.